The van der Waals surface area contributed by atoms with Crippen LogP contribution in [-0.4, -0.2) is 25.4 Å². The predicted molar refractivity (Wildman–Crippen MR) is 97.2 cm³/mol. The van der Waals surface area contributed by atoms with Crippen LogP contribution in [0.1, 0.15) is 11.3 Å². The molecule has 2 aromatic carbocycles. The van der Waals surface area contributed by atoms with Gasteiger partial charge in [-0.05, 0) is 48.9 Å². The topological polar surface area (TPSA) is 55.7 Å². The van der Waals surface area contributed by atoms with Crippen LogP contribution in [0.4, 0.5) is 5.69 Å². The molecule has 1 aromatic heterocycles. The summed E-state index contributed by atoms with van der Waals surface area (Å²) in [5.41, 5.74) is 6.76. The number of fused-ring (bicyclic) bond motifs is 1. The largest absolute Gasteiger partial charge is 0.497 e. The van der Waals surface area contributed by atoms with Gasteiger partial charge in [-0.1, -0.05) is 12.1 Å². The van der Waals surface area contributed by atoms with E-state index in [1.165, 1.54) is 0 Å². The number of nitrogens with one attached hydrogen (secondary N) is 1. The first-order valence-electron chi connectivity index (χ1n) is 7.58. The Morgan fingerprint density at radius 3 is 2.58 bits per heavy atom. The maximum absolute atomic E-state index is 5.30. The third kappa shape index (κ3) is 3.46. The Morgan fingerprint density at radius 2 is 1.79 bits per heavy atom. The van der Waals surface area contributed by atoms with Crippen molar-refractivity contribution in [2.24, 2.45) is 5.10 Å². The summed E-state index contributed by atoms with van der Waals surface area (Å²) < 4.78 is 10.5. The second-order valence-corrected chi connectivity index (χ2v) is 5.34. The number of pyridine rings is 1. The maximum Gasteiger partial charge on any atom is 0.119 e. The van der Waals surface area contributed by atoms with Crippen molar-refractivity contribution in [3.63, 3.8) is 0 Å². The van der Waals surface area contributed by atoms with Crippen molar-refractivity contribution in [3.8, 4) is 11.5 Å². The summed E-state index contributed by atoms with van der Waals surface area (Å²) in [6, 6.07) is 15.5. The number of aromatic nitrogens is 1. The van der Waals surface area contributed by atoms with Gasteiger partial charge in [-0.3, -0.25) is 10.4 Å². The van der Waals surface area contributed by atoms with Gasteiger partial charge in [0.25, 0.3) is 0 Å². The molecule has 1 heterocycles. The Kier molecular flexibility index (Phi) is 4.61. The lowest BCUT2D eigenvalue weighted by molar-refractivity contribution is 0.414. The van der Waals surface area contributed by atoms with Crippen LogP contribution in [0, 0.1) is 6.92 Å². The number of aryl methyl sites for hydroxylation is 1. The number of hydrogen-bond acceptors (Lipinski definition) is 5. The molecule has 0 saturated carbocycles. The highest BCUT2D eigenvalue weighted by molar-refractivity contribution is 5.93. The Balaban J connectivity index is 1.89. The minimum Gasteiger partial charge on any atom is -0.497 e. The van der Waals surface area contributed by atoms with Gasteiger partial charge in [-0.15, -0.1) is 0 Å². The fourth-order valence-corrected chi connectivity index (χ4v) is 2.45. The number of ether oxygens (including phenoxy) is 2. The monoisotopic (exact) mass is 321 g/mol. The number of benzene rings is 2. The smallest absolute Gasteiger partial charge is 0.119 e. The van der Waals surface area contributed by atoms with E-state index in [0.717, 1.165) is 39.3 Å². The van der Waals surface area contributed by atoms with E-state index in [-0.39, 0.29) is 0 Å². The van der Waals surface area contributed by atoms with E-state index in [0.29, 0.717) is 0 Å². The summed E-state index contributed by atoms with van der Waals surface area (Å²) in [5, 5.41) is 5.30. The minimum atomic E-state index is 0.785. The zero-order valence-electron chi connectivity index (χ0n) is 13.9. The van der Waals surface area contributed by atoms with Gasteiger partial charge in [-0.2, -0.15) is 5.10 Å². The fraction of sp³-hybridized carbons (Fsp3) is 0.158. The second kappa shape index (κ2) is 7.00. The third-order valence-corrected chi connectivity index (χ3v) is 3.64. The zero-order valence-corrected chi connectivity index (χ0v) is 13.9. The van der Waals surface area contributed by atoms with Crippen LogP contribution < -0.4 is 14.9 Å². The van der Waals surface area contributed by atoms with E-state index >= 15 is 0 Å². The Labute approximate surface area is 140 Å². The maximum atomic E-state index is 5.30. The van der Waals surface area contributed by atoms with Gasteiger partial charge < -0.3 is 9.47 Å². The van der Waals surface area contributed by atoms with E-state index in [1.807, 2.05) is 55.5 Å². The molecule has 1 N–H and O–H groups in total. The lowest BCUT2D eigenvalue weighted by Gasteiger charge is -2.09. The molecule has 24 heavy (non-hydrogen) atoms. The first-order chi connectivity index (χ1) is 11.7. The van der Waals surface area contributed by atoms with Gasteiger partial charge in [0.15, 0.2) is 0 Å². The molecule has 0 bridgehead atoms. The molecule has 5 heteroatoms. The molecule has 0 aliphatic carbocycles. The number of rotatable bonds is 5. The molecule has 122 valence electrons. The number of hydrogen-bond donors (Lipinski definition) is 1. The molecule has 0 aliphatic heterocycles. The lowest BCUT2D eigenvalue weighted by atomic mass is 10.1. The van der Waals surface area contributed by atoms with E-state index < -0.39 is 0 Å². The van der Waals surface area contributed by atoms with Crippen molar-refractivity contribution in [1.29, 1.82) is 0 Å². The van der Waals surface area contributed by atoms with Crippen LogP contribution in [0.5, 0.6) is 11.5 Å². The molecular formula is C19H19N3O2. The van der Waals surface area contributed by atoms with E-state index in [4.69, 9.17) is 9.47 Å². The van der Waals surface area contributed by atoms with Crippen molar-refractivity contribution >= 4 is 22.8 Å². The normalized spacial score (nSPS) is 11.0. The molecule has 5 nitrogen and oxygen atoms in total. The molecule has 0 saturated heterocycles. The summed E-state index contributed by atoms with van der Waals surface area (Å²) in [6.45, 7) is 1.96. The van der Waals surface area contributed by atoms with E-state index in [1.54, 1.807) is 20.4 Å². The average molecular weight is 321 g/mol. The van der Waals surface area contributed by atoms with Crippen LogP contribution in [0.25, 0.3) is 10.9 Å². The molecule has 0 unspecified atom stereocenters. The average Bonchev–Trinajstić information content (AvgIpc) is 2.61. The Morgan fingerprint density at radius 1 is 1.00 bits per heavy atom. The molecule has 0 amide bonds. The van der Waals surface area contributed by atoms with Gasteiger partial charge >= 0.3 is 0 Å². The first kappa shape index (κ1) is 15.8. The van der Waals surface area contributed by atoms with Gasteiger partial charge in [0.1, 0.15) is 11.5 Å². The summed E-state index contributed by atoms with van der Waals surface area (Å²) in [4.78, 5) is 4.54. The molecule has 0 atom stereocenters. The van der Waals surface area contributed by atoms with Crippen molar-refractivity contribution in [2.45, 2.75) is 6.92 Å². The van der Waals surface area contributed by atoms with E-state index in [9.17, 15) is 0 Å². The summed E-state index contributed by atoms with van der Waals surface area (Å²) in [6.07, 6.45) is 1.75. The number of methoxy groups -OCH3 is 2. The van der Waals surface area contributed by atoms with Crippen LogP contribution in [0.2, 0.25) is 0 Å². The van der Waals surface area contributed by atoms with Crippen molar-refractivity contribution in [1.82, 2.24) is 4.98 Å². The van der Waals surface area contributed by atoms with Gasteiger partial charge in [0.2, 0.25) is 0 Å². The molecular weight excluding hydrogens is 302 g/mol. The Hall–Kier alpha value is -3.08. The second-order valence-electron chi connectivity index (χ2n) is 5.34. The standard InChI is InChI=1S/C19H19N3O2/c1-13-9-19(17-11-16(24-3)7-8-18(17)21-13)22-20-12-14-5-4-6-15(10-14)23-2/h4-12H,1-3H3,(H,21,22)/b20-12+. The van der Waals surface area contributed by atoms with Gasteiger partial charge in [0.05, 0.1) is 31.6 Å². The third-order valence-electron chi connectivity index (χ3n) is 3.64. The molecule has 0 radical (unpaired) electrons. The van der Waals surface area contributed by atoms with Gasteiger partial charge in [0, 0.05) is 11.1 Å². The SMILES string of the molecule is COc1cccc(/C=N/Nc2cc(C)nc3ccc(OC)cc23)c1. The predicted octanol–water partition coefficient (Wildman–Crippen LogP) is 4.01. The number of hydrazone groups is 1. The quantitative estimate of drug-likeness (QED) is 0.570. The highest BCUT2D eigenvalue weighted by Gasteiger charge is 2.05. The molecule has 3 rings (SSSR count). The summed E-state index contributed by atoms with van der Waals surface area (Å²) >= 11 is 0. The van der Waals surface area contributed by atoms with E-state index in [2.05, 4.69) is 15.5 Å². The zero-order chi connectivity index (χ0) is 16.9. The van der Waals surface area contributed by atoms with Crippen molar-refractivity contribution in [2.75, 3.05) is 19.6 Å². The highest BCUT2D eigenvalue weighted by Crippen LogP contribution is 2.27. The molecule has 0 spiro atoms. The molecule has 0 fully saturated rings. The van der Waals surface area contributed by atoms with Crippen LogP contribution in [-0.2, 0) is 0 Å². The number of nitrogens with zero attached hydrogens (tertiary/aromatic N) is 2. The number of anilines is 1. The molecule has 3 aromatic rings. The van der Waals surface area contributed by atoms with Crippen molar-refractivity contribution in [3.05, 3.63) is 59.8 Å². The highest BCUT2D eigenvalue weighted by atomic mass is 16.5. The van der Waals surface area contributed by atoms with Crippen LogP contribution in [0.15, 0.2) is 53.6 Å². The fourth-order valence-electron chi connectivity index (χ4n) is 2.45. The minimum absolute atomic E-state index is 0.785. The summed E-state index contributed by atoms with van der Waals surface area (Å²) in [7, 11) is 3.30. The van der Waals surface area contributed by atoms with Crippen LogP contribution in [0.3, 0.4) is 0 Å². The van der Waals surface area contributed by atoms with Crippen LogP contribution >= 0.6 is 0 Å². The van der Waals surface area contributed by atoms with Gasteiger partial charge in [-0.25, -0.2) is 0 Å². The summed E-state index contributed by atoms with van der Waals surface area (Å²) in [5.74, 6) is 1.59. The Bertz CT molecular complexity index is 891. The lowest BCUT2D eigenvalue weighted by Crippen LogP contribution is -1.95. The van der Waals surface area contributed by atoms with Crippen molar-refractivity contribution < 1.29 is 9.47 Å². The first-order valence-corrected chi connectivity index (χ1v) is 7.58. The molecule has 0 aliphatic rings.